The zero-order valence-corrected chi connectivity index (χ0v) is 18.3. The first-order chi connectivity index (χ1) is 14.4. The third-order valence-corrected chi connectivity index (χ3v) is 4.39. The molecule has 1 aromatic carbocycles. The molecule has 1 aliphatic rings. The van der Waals surface area contributed by atoms with Gasteiger partial charge in [0.15, 0.2) is 0 Å². The van der Waals surface area contributed by atoms with E-state index in [0.29, 0.717) is 12.2 Å². The number of carbonyl (C=O) groups is 5. The maximum Gasteiger partial charge on any atom is 0.407 e. The highest BCUT2D eigenvalue weighted by molar-refractivity contribution is 6.23. The molecule has 0 saturated carbocycles. The Morgan fingerprint density at radius 1 is 1.06 bits per heavy atom. The molecule has 1 heterocycles. The van der Waals surface area contributed by atoms with Gasteiger partial charge in [0.05, 0.1) is 11.1 Å². The summed E-state index contributed by atoms with van der Waals surface area (Å²) in [7, 11) is 0. The van der Waals surface area contributed by atoms with Crippen LogP contribution in [0.15, 0.2) is 18.2 Å². The van der Waals surface area contributed by atoms with Crippen molar-refractivity contribution in [3.05, 3.63) is 29.3 Å². The molecule has 0 spiro atoms. The lowest BCUT2D eigenvalue weighted by Crippen LogP contribution is -2.49. The largest absolute Gasteiger partial charge is 0.444 e. The number of imide groups is 2. The van der Waals surface area contributed by atoms with Crippen molar-refractivity contribution in [2.75, 3.05) is 18.4 Å². The predicted octanol–water partition coefficient (Wildman–Crippen LogP) is 1.66. The standard InChI is InChI=1S/C21H28N4O6/c1-6-16(26)24-17(27)12(2)25-18(28)14-8-7-13(11-15(14)19(25)29)22-9-10-23-20(30)31-21(3,4)5/h7-8,11-12,22H,6,9-10H2,1-5H3,(H,23,30)(H,24,26,27). The van der Waals surface area contributed by atoms with Crippen LogP contribution in [0.2, 0.25) is 0 Å². The van der Waals surface area contributed by atoms with Crippen molar-refractivity contribution in [2.45, 2.75) is 52.7 Å². The van der Waals surface area contributed by atoms with Gasteiger partial charge in [0.25, 0.3) is 11.8 Å². The molecule has 0 saturated heterocycles. The van der Waals surface area contributed by atoms with Gasteiger partial charge in [-0.25, -0.2) is 4.79 Å². The molecule has 0 bridgehead atoms. The maximum absolute atomic E-state index is 12.8. The van der Waals surface area contributed by atoms with Crippen molar-refractivity contribution in [2.24, 2.45) is 0 Å². The monoisotopic (exact) mass is 432 g/mol. The maximum atomic E-state index is 12.8. The first-order valence-electron chi connectivity index (χ1n) is 10.0. The number of nitrogens with one attached hydrogen (secondary N) is 3. The van der Waals surface area contributed by atoms with Gasteiger partial charge < -0.3 is 15.4 Å². The van der Waals surface area contributed by atoms with E-state index in [-0.39, 0.29) is 24.1 Å². The molecule has 168 valence electrons. The summed E-state index contributed by atoms with van der Waals surface area (Å²) in [5.41, 5.74) is 0.334. The molecule has 5 amide bonds. The average molecular weight is 432 g/mol. The van der Waals surface area contributed by atoms with E-state index in [2.05, 4.69) is 16.0 Å². The van der Waals surface area contributed by atoms with Crippen LogP contribution >= 0.6 is 0 Å². The molecule has 1 aromatic rings. The Morgan fingerprint density at radius 3 is 2.32 bits per heavy atom. The van der Waals surface area contributed by atoms with Gasteiger partial charge in [0.1, 0.15) is 11.6 Å². The number of rotatable bonds is 7. The topological polar surface area (TPSA) is 134 Å². The molecule has 0 aromatic heterocycles. The molecule has 0 fully saturated rings. The van der Waals surface area contributed by atoms with Crippen LogP contribution in [0.5, 0.6) is 0 Å². The summed E-state index contributed by atoms with van der Waals surface area (Å²) >= 11 is 0. The van der Waals surface area contributed by atoms with E-state index in [4.69, 9.17) is 4.74 Å². The van der Waals surface area contributed by atoms with Crippen LogP contribution in [0, 0.1) is 0 Å². The van der Waals surface area contributed by atoms with Crippen molar-refractivity contribution < 1.29 is 28.7 Å². The van der Waals surface area contributed by atoms with E-state index in [1.807, 2.05) is 0 Å². The van der Waals surface area contributed by atoms with E-state index in [9.17, 15) is 24.0 Å². The second-order valence-corrected chi connectivity index (χ2v) is 8.04. The molecule has 10 nitrogen and oxygen atoms in total. The number of hydrogen-bond donors (Lipinski definition) is 3. The van der Waals surface area contributed by atoms with E-state index < -0.39 is 41.4 Å². The molecular weight excluding hydrogens is 404 g/mol. The first kappa shape index (κ1) is 23.8. The summed E-state index contributed by atoms with van der Waals surface area (Å²) in [6.45, 7) is 8.93. The van der Waals surface area contributed by atoms with Crippen LogP contribution in [-0.4, -0.2) is 59.4 Å². The number of benzene rings is 1. The van der Waals surface area contributed by atoms with Crippen molar-refractivity contribution in [3.63, 3.8) is 0 Å². The summed E-state index contributed by atoms with van der Waals surface area (Å²) in [5, 5.41) is 7.82. The summed E-state index contributed by atoms with van der Waals surface area (Å²) in [5.74, 6) is -2.40. The highest BCUT2D eigenvalue weighted by Gasteiger charge is 2.41. The molecule has 0 radical (unpaired) electrons. The second-order valence-electron chi connectivity index (χ2n) is 8.04. The van der Waals surface area contributed by atoms with Crippen LogP contribution in [-0.2, 0) is 14.3 Å². The molecule has 1 unspecified atom stereocenters. The van der Waals surface area contributed by atoms with E-state index in [0.717, 1.165) is 4.90 Å². The normalized spacial score (nSPS) is 14.0. The van der Waals surface area contributed by atoms with Gasteiger partial charge in [-0.1, -0.05) is 6.92 Å². The van der Waals surface area contributed by atoms with Crippen LogP contribution in [0.1, 0.15) is 61.8 Å². The zero-order chi connectivity index (χ0) is 23.3. The lowest BCUT2D eigenvalue weighted by Gasteiger charge is -2.21. The second kappa shape index (κ2) is 9.59. The minimum absolute atomic E-state index is 0.110. The average Bonchev–Trinajstić information content (AvgIpc) is 2.93. The number of amides is 5. The number of carbonyl (C=O) groups excluding carboxylic acids is 5. The molecule has 31 heavy (non-hydrogen) atoms. The van der Waals surface area contributed by atoms with Crippen molar-refractivity contribution in [1.82, 2.24) is 15.5 Å². The van der Waals surface area contributed by atoms with Gasteiger partial charge >= 0.3 is 6.09 Å². The summed E-state index contributed by atoms with van der Waals surface area (Å²) in [4.78, 5) is 61.5. The Bertz CT molecular complexity index is 906. The Morgan fingerprint density at radius 2 is 1.71 bits per heavy atom. The highest BCUT2D eigenvalue weighted by atomic mass is 16.6. The lowest BCUT2D eigenvalue weighted by atomic mass is 10.1. The lowest BCUT2D eigenvalue weighted by molar-refractivity contribution is -0.132. The quantitative estimate of drug-likeness (QED) is 0.441. The third-order valence-electron chi connectivity index (χ3n) is 4.39. The van der Waals surface area contributed by atoms with Crippen molar-refractivity contribution in [1.29, 1.82) is 0 Å². The number of nitrogens with zero attached hydrogens (tertiary/aromatic N) is 1. The zero-order valence-electron chi connectivity index (χ0n) is 18.3. The molecule has 3 N–H and O–H groups in total. The molecule has 1 atom stereocenters. The number of anilines is 1. The number of alkyl carbamates (subject to hydrolysis) is 1. The Kier molecular flexibility index (Phi) is 7.37. The summed E-state index contributed by atoms with van der Waals surface area (Å²) in [6.07, 6.45) is -0.424. The Balaban J connectivity index is 1.99. The van der Waals surface area contributed by atoms with E-state index >= 15 is 0 Å². The van der Waals surface area contributed by atoms with Gasteiger partial charge in [0.2, 0.25) is 11.8 Å². The highest BCUT2D eigenvalue weighted by Crippen LogP contribution is 2.27. The predicted molar refractivity (Wildman–Crippen MR) is 113 cm³/mol. The SMILES string of the molecule is CCC(=O)NC(=O)C(C)N1C(=O)c2ccc(NCCNC(=O)OC(C)(C)C)cc2C1=O. The smallest absolute Gasteiger partial charge is 0.407 e. The Hall–Kier alpha value is -3.43. The van der Waals surface area contributed by atoms with Crippen LogP contribution in [0.4, 0.5) is 10.5 Å². The molecular formula is C21H28N4O6. The number of hydrogen-bond acceptors (Lipinski definition) is 7. The third kappa shape index (κ3) is 6.03. The van der Waals surface area contributed by atoms with Crippen LogP contribution in [0.3, 0.4) is 0 Å². The van der Waals surface area contributed by atoms with E-state index in [1.165, 1.54) is 19.1 Å². The number of ether oxygens (including phenoxy) is 1. The fraction of sp³-hybridized carbons (Fsp3) is 0.476. The summed E-state index contributed by atoms with van der Waals surface area (Å²) < 4.78 is 5.14. The minimum atomic E-state index is -1.13. The summed E-state index contributed by atoms with van der Waals surface area (Å²) in [6, 6.07) is 3.52. The van der Waals surface area contributed by atoms with Gasteiger partial charge in [-0.2, -0.15) is 0 Å². The molecule has 1 aliphatic heterocycles. The van der Waals surface area contributed by atoms with Crippen molar-refractivity contribution >= 4 is 35.4 Å². The minimum Gasteiger partial charge on any atom is -0.444 e. The van der Waals surface area contributed by atoms with Gasteiger partial charge in [-0.15, -0.1) is 0 Å². The van der Waals surface area contributed by atoms with E-state index in [1.54, 1.807) is 33.8 Å². The molecule has 0 aliphatic carbocycles. The molecule has 2 rings (SSSR count). The van der Waals surface area contributed by atoms with Crippen molar-refractivity contribution in [3.8, 4) is 0 Å². The first-order valence-corrected chi connectivity index (χ1v) is 10.0. The Labute approximate surface area is 180 Å². The fourth-order valence-electron chi connectivity index (χ4n) is 2.85. The fourth-order valence-corrected chi connectivity index (χ4v) is 2.85. The van der Waals surface area contributed by atoms with Crippen LogP contribution in [0.25, 0.3) is 0 Å². The van der Waals surface area contributed by atoms with Crippen LogP contribution < -0.4 is 16.0 Å². The van der Waals surface area contributed by atoms with Gasteiger partial charge in [-0.05, 0) is 45.9 Å². The van der Waals surface area contributed by atoms with Gasteiger partial charge in [-0.3, -0.25) is 29.4 Å². The van der Waals surface area contributed by atoms with Gasteiger partial charge in [0, 0.05) is 25.2 Å². The number of fused-ring (bicyclic) bond motifs is 1. The molecule has 10 heteroatoms.